The quantitative estimate of drug-likeness (QED) is 0.904. The standard InChI is InChI=1S/C17H22N2O/c1-5-18-17(14-11-10-12(2)19-13(14)3)15-8-6-7-9-16(15)20-4/h6-11,17-18H,5H2,1-4H3. The number of hydrogen-bond acceptors (Lipinski definition) is 3. The molecule has 1 aromatic carbocycles. The first kappa shape index (κ1) is 14.5. The molecule has 1 atom stereocenters. The van der Waals surface area contributed by atoms with Crippen molar-refractivity contribution in [2.75, 3.05) is 13.7 Å². The fourth-order valence-corrected chi connectivity index (χ4v) is 2.50. The molecule has 0 aliphatic heterocycles. The van der Waals surface area contributed by atoms with Crippen LogP contribution in [-0.4, -0.2) is 18.6 Å². The smallest absolute Gasteiger partial charge is 0.123 e. The fraction of sp³-hybridized carbons (Fsp3) is 0.353. The van der Waals surface area contributed by atoms with Gasteiger partial charge in [0.05, 0.1) is 13.2 Å². The lowest BCUT2D eigenvalue weighted by atomic mass is 9.96. The lowest BCUT2D eigenvalue weighted by Crippen LogP contribution is -2.23. The van der Waals surface area contributed by atoms with Gasteiger partial charge in [0.1, 0.15) is 5.75 Å². The Morgan fingerprint density at radius 2 is 1.85 bits per heavy atom. The molecule has 0 saturated carbocycles. The lowest BCUT2D eigenvalue weighted by molar-refractivity contribution is 0.404. The summed E-state index contributed by atoms with van der Waals surface area (Å²) in [4.78, 5) is 4.58. The predicted octanol–water partition coefficient (Wildman–Crippen LogP) is 3.41. The topological polar surface area (TPSA) is 34.1 Å². The first-order chi connectivity index (χ1) is 9.67. The van der Waals surface area contributed by atoms with Gasteiger partial charge in [-0.1, -0.05) is 31.2 Å². The van der Waals surface area contributed by atoms with Gasteiger partial charge in [-0.25, -0.2) is 0 Å². The van der Waals surface area contributed by atoms with E-state index in [4.69, 9.17) is 4.74 Å². The van der Waals surface area contributed by atoms with Crippen LogP contribution in [0.1, 0.15) is 35.5 Å². The third-order valence-electron chi connectivity index (χ3n) is 3.44. The third kappa shape index (κ3) is 2.99. The van der Waals surface area contributed by atoms with E-state index in [0.29, 0.717) is 0 Å². The molecule has 0 radical (unpaired) electrons. The van der Waals surface area contributed by atoms with Crippen molar-refractivity contribution < 1.29 is 4.74 Å². The first-order valence-corrected chi connectivity index (χ1v) is 6.97. The highest BCUT2D eigenvalue weighted by Crippen LogP contribution is 2.31. The molecule has 0 bridgehead atoms. The maximum atomic E-state index is 5.50. The van der Waals surface area contributed by atoms with Gasteiger partial charge in [0.15, 0.2) is 0 Å². The second kappa shape index (κ2) is 6.53. The van der Waals surface area contributed by atoms with Crippen LogP contribution in [0.5, 0.6) is 5.75 Å². The summed E-state index contributed by atoms with van der Waals surface area (Å²) in [5.41, 5.74) is 4.44. The Morgan fingerprint density at radius 1 is 1.10 bits per heavy atom. The zero-order chi connectivity index (χ0) is 14.5. The van der Waals surface area contributed by atoms with Gasteiger partial charge in [-0.05, 0) is 38.1 Å². The summed E-state index contributed by atoms with van der Waals surface area (Å²) in [6.45, 7) is 7.07. The molecule has 3 heteroatoms. The monoisotopic (exact) mass is 270 g/mol. The highest BCUT2D eigenvalue weighted by atomic mass is 16.5. The van der Waals surface area contributed by atoms with Gasteiger partial charge >= 0.3 is 0 Å². The molecule has 0 fully saturated rings. The van der Waals surface area contributed by atoms with Gasteiger partial charge in [0.2, 0.25) is 0 Å². The SMILES string of the molecule is CCNC(c1ccccc1OC)c1ccc(C)nc1C. The van der Waals surface area contributed by atoms with Crippen molar-refractivity contribution in [2.24, 2.45) is 0 Å². The van der Waals surface area contributed by atoms with Gasteiger partial charge in [-0.3, -0.25) is 4.98 Å². The van der Waals surface area contributed by atoms with Gasteiger partial charge in [-0.15, -0.1) is 0 Å². The average molecular weight is 270 g/mol. The molecule has 0 aliphatic carbocycles. The molecule has 0 amide bonds. The van der Waals surface area contributed by atoms with E-state index in [1.165, 1.54) is 5.56 Å². The highest BCUT2D eigenvalue weighted by Gasteiger charge is 2.19. The largest absolute Gasteiger partial charge is 0.496 e. The number of methoxy groups -OCH3 is 1. The third-order valence-corrected chi connectivity index (χ3v) is 3.44. The summed E-state index contributed by atoms with van der Waals surface area (Å²) < 4.78 is 5.50. The average Bonchev–Trinajstić information content (AvgIpc) is 2.45. The molecule has 3 nitrogen and oxygen atoms in total. The second-order valence-electron chi connectivity index (χ2n) is 4.86. The number of nitrogens with one attached hydrogen (secondary N) is 1. The van der Waals surface area contributed by atoms with Gasteiger partial charge in [-0.2, -0.15) is 0 Å². The summed E-state index contributed by atoms with van der Waals surface area (Å²) in [6.07, 6.45) is 0. The Hall–Kier alpha value is -1.87. The molecule has 20 heavy (non-hydrogen) atoms. The van der Waals surface area contributed by atoms with Gasteiger partial charge in [0.25, 0.3) is 0 Å². The first-order valence-electron chi connectivity index (χ1n) is 6.97. The van der Waals surface area contributed by atoms with E-state index in [-0.39, 0.29) is 6.04 Å². The van der Waals surface area contributed by atoms with E-state index < -0.39 is 0 Å². The van der Waals surface area contributed by atoms with Crippen molar-refractivity contribution in [3.05, 3.63) is 58.9 Å². The molecule has 0 spiro atoms. The molecule has 0 aliphatic rings. The molecule has 106 valence electrons. The van der Waals surface area contributed by atoms with Crippen molar-refractivity contribution in [1.29, 1.82) is 0 Å². The molecule has 2 aromatic rings. The van der Waals surface area contributed by atoms with Crippen molar-refractivity contribution in [3.8, 4) is 5.75 Å². The fourth-order valence-electron chi connectivity index (χ4n) is 2.50. The van der Waals surface area contributed by atoms with E-state index in [9.17, 15) is 0 Å². The molecular weight excluding hydrogens is 248 g/mol. The molecule has 1 aromatic heterocycles. The lowest BCUT2D eigenvalue weighted by Gasteiger charge is -2.22. The van der Waals surface area contributed by atoms with E-state index in [0.717, 1.165) is 29.2 Å². The predicted molar refractivity (Wildman–Crippen MR) is 82.2 cm³/mol. The summed E-state index contributed by atoms with van der Waals surface area (Å²) in [5, 5.41) is 3.53. The molecule has 0 saturated heterocycles. The zero-order valence-electron chi connectivity index (χ0n) is 12.6. The number of ether oxygens (including phenoxy) is 1. The molecule has 1 heterocycles. The van der Waals surface area contributed by atoms with E-state index >= 15 is 0 Å². The van der Waals surface area contributed by atoms with Crippen LogP contribution in [0.2, 0.25) is 0 Å². The number of rotatable bonds is 5. The molecule has 1 unspecified atom stereocenters. The summed E-state index contributed by atoms with van der Waals surface area (Å²) in [6, 6.07) is 12.4. The van der Waals surface area contributed by atoms with Crippen LogP contribution in [0, 0.1) is 13.8 Å². The van der Waals surface area contributed by atoms with E-state index in [2.05, 4.69) is 42.3 Å². The minimum Gasteiger partial charge on any atom is -0.496 e. The van der Waals surface area contributed by atoms with Crippen LogP contribution in [0.4, 0.5) is 0 Å². The zero-order valence-corrected chi connectivity index (χ0v) is 12.6. The Bertz CT molecular complexity index is 581. The molecule has 2 rings (SSSR count). The van der Waals surface area contributed by atoms with Crippen LogP contribution in [0.25, 0.3) is 0 Å². The van der Waals surface area contributed by atoms with Crippen LogP contribution in [0.15, 0.2) is 36.4 Å². The summed E-state index contributed by atoms with van der Waals surface area (Å²) >= 11 is 0. The molecular formula is C17H22N2O. The number of pyridine rings is 1. The Balaban J connectivity index is 2.50. The van der Waals surface area contributed by atoms with E-state index in [1.807, 2.05) is 25.1 Å². The Labute approximate surface area is 121 Å². The van der Waals surface area contributed by atoms with Crippen LogP contribution >= 0.6 is 0 Å². The number of benzene rings is 1. The van der Waals surface area contributed by atoms with Crippen LogP contribution < -0.4 is 10.1 Å². The minimum absolute atomic E-state index is 0.101. The number of aromatic nitrogens is 1. The number of hydrogen-bond donors (Lipinski definition) is 1. The summed E-state index contributed by atoms with van der Waals surface area (Å²) in [7, 11) is 1.71. The number of para-hydroxylation sites is 1. The number of aryl methyl sites for hydroxylation is 2. The summed E-state index contributed by atoms with van der Waals surface area (Å²) in [5.74, 6) is 0.901. The van der Waals surface area contributed by atoms with Crippen molar-refractivity contribution in [2.45, 2.75) is 26.8 Å². The highest BCUT2D eigenvalue weighted by molar-refractivity contribution is 5.42. The van der Waals surface area contributed by atoms with Gasteiger partial charge in [0, 0.05) is 17.0 Å². The van der Waals surface area contributed by atoms with Crippen LogP contribution in [-0.2, 0) is 0 Å². The molecule has 1 N–H and O–H groups in total. The maximum Gasteiger partial charge on any atom is 0.123 e. The van der Waals surface area contributed by atoms with Crippen molar-refractivity contribution >= 4 is 0 Å². The second-order valence-corrected chi connectivity index (χ2v) is 4.86. The van der Waals surface area contributed by atoms with Crippen LogP contribution in [0.3, 0.4) is 0 Å². The van der Waals surface area contributed by atoms with Crippen molar-refractivity contribution in [3.63, 3.8) is 0 Å². The Kier molecular flexibility index (Phi) is 4.74. The van der Waals surface area contributed by atoms with E-state index in [1.54, 1.807) is 7.11 Å². The maximum absolute atomic E-state index is 5.50. The van der Waals surface area contributed by atoms with Gasteiger partial charge < -0.3 is 10.1 Å². The van der Waals surface area contributed by atoms with Crippen molar-refractivity contribution in [1.82, 2.24) is 10.3 Å². The number of nitrogens with zero attached hydrogens (tertiary/aromatic N) is 1. The normalized spacial score (nSPS) is 12.2. The minimum atomic E-state index is 0.101. The Morgan fingerprint density at radius 3 is 2.50 bits per heavy atom.